The third-order valence-electron chi connectivity index (χ3n) is 10.3. The van der Waals surface area contributed by atoms with E-state index in [1.807, 2.05) is 6.92 Å². The van der Waals surface area contributed by atoms with E-state index in [4.69, 9.17) is 0 Å². The highest BCUT2D eigenvalue weighted by atomic mass is 19.1. The fraction of sp³-hybridized carbons (Fsp3) is 0.741. The summed E-state index contributed by atoms with van der Waals surface area (Å²) in [4.78, 5) is 14.9. The van der Waals surface area contributed by atoms with Crippen molar-refractivity contribution in [2.75, 3.05) is 0 Å². The SMILES string of the molecule is CC1(O)CCC2C(CCC3C2CCC2(C)C(C(=O)Cn4nc5ccc(F)cc5n4)CCC32)C1. The Kier molecular flexibility index (Phi) is 4.99. The molecule has 4 saturated carbocycles. The first kappa shape index (κ1) is 21.7. The number of hydrogen-bond acceptors (Lipinski definition) is 4. The van der Waals surface area contributed by atoms with E-state index in [2.05, 4.69) is 17.1 Å². The van der Waals surface area contributed by atoms with Crippen LogP contribution in [-0.2, 0) is 11.3 Å². The molecule has 4 aliphatic rings. The Hall–Kier alpha value is -1.82. The average molecular weight is 454 g/mol. The second-order valence-corrected chi connectivity index (χ2v) is 12.2. The van der Waals surface area contributed by atoms with Crippen LogP contribution in [-0.4, -0.2) is 31.5 Å². The van der Waals surface area contributed by atoms with Crippen molar-refractivity contribution in [2.24, 2.45) is 40.9 Å². The van der Waals surface area contributed by atoms with Gasteiger partial charge in [0.05, 0.1) is 5.60 Å². The van der Waals surface area contributed by atoms with Gasteiger partial charge in [0.2, 0.25) is 0 Å². The minimum atomic E-state index is -0.473. The fourth-order valence-corrected chi connectivity index (χ4v) is 8.86. The lowest BCUT2D eigenvalue weighted by Gasteiger charge is -2.56. The number of benzene rings is 1. The van der Waals surface area contributed by atoms with E-state index in [9.17, 15) is 14.3 Å². The molecule has 5 nitrogen and oxygen atoms in total. The van der Waals surface area contributed by atoms with Gasteiger partial charge in [-0.3, -0.25) is 4.79 Å². The predicted octanol–water partition coefficient (Wildman–Crippen LogP) is 5.16. The molecule has 0 saturated heterocycles. The quantitative estimate of drug-likeness (QED) is 0.697. The molecule has 0 bridgehead atoms. The minimum absolute atomic E-state index is 0.0686. The summed E-state index contributed by atoms with van der Waals surface area (Å²) in [5, 5.41) is 19.4. The van der Waals surface area contributed by atoms with Crippen LogP contribution < -0.4 is 0 Å². The number of fused-ring (bicyclic) bond motifs is 6. The Labute approximate surface area is 195 Å². The van der Waals surface area contributed by atoms with Crippen LogP contribution in [0.4, 0.5) is 4.39 Å². The van der Waals surface area contributed by atoms with E-state index in [1.165, 1.54) is 42.6 Å². The molecule has 178 valence electrons. The Balaban J connectivity index is 1.18. The van der Waals surface area contributed by atoms with Gasteiger partial charge in [-0.2, -0.15) is 15.0 Å². The number of carbonyl (C=O) groups excluding carboxylic acids is 1. The number of rotatable bonds is 3. The maximum atomic E-state index is 13.5. The molecule has 0 aliphatic heterocycles. The molecule has 4 fully saturated rings. The van der Waals surface area contributed by atoms with Crippen molar-refractivity contribution in [1.82, 2.24) is 15.0 Å². The van der Waals surface area contributed by atoms with Gasteiger partial charge in [-0.1, -0.05) is 6.92 Å². The van der Waals surface area contributed by atoms with E-state index in [0.29, 0.717) is 22.9 Å². The first-order valence-electron chi connectivity index (χ1n) is 13.0. The lowest BCUT2D eigenvalue weighted by Crippen LogP contribution is -2.51. The van der Waals surface area contributed by atoms with Gasteiger partial charge in [0, 0.05) is 12.0 Å². The molecule has 1 N–H and O–H groups in total. The van der Waals surface area contributed by atoms with Gasteiger partial charge in [-0.15, -0.1) is 0 Å². The van der Waals surface area contributed by atoms with Gasteiger partial charge in [-0.25, -0.2) is 4.39 Å². The molecule has 0 radical (unpaired) electrons. The first-order chi connectivity index (χ1) is 15.7. The number of nitrogens with zero attached hydrogens (tertiary/aromatic N) is 3. The lowest BCUT2D eigenvalue weighted by atomic mass is 9.49. The normalized spacial score (nSPS) is 42.5. The number of aliphatic hydroxyl groups is 1. The second kappa shape index (κ2) is 7.59. The molecule has 6 rings (SSSR count). The minimum Gasteiger partial charge on any atom is -0.390 e. The molecule has 8 atom stereocenters. The predicted molar refractivity (Wildman–Crippen MR) is 124 cm³/mol. The highest BCUT2D eigenvalue weighted by Gasteiger charge is 2.58. The van der Waals surface area contributed by atoms with Crippen LogP contribution in [0.5, 0.6) is 0 Å². The third-order valence-corrected chi connectivity index (χ3v) is 10.3. The highest BCUT2D eigenvalue weighted by molar-refractivity contribution is 5.82. The van der Waals surface area contributed by atoms with Crippen molar-refractivity contribution in [3.8, 4) is 0 Å². The standard InChI is InChI=1S/C27H36FN3O2/c1-26(33)11-9-18-16(14-26)3-5-20-19(18)10-12-27(2)21(20)6-7-22(27)25(32)15-31-29-23-8-4-17(28)13-24(23)30-31/h4,8,13,16,18-22,33H,3,5-7,9-12,14-15H2,1-2H3. The number of halogens is 1. The van der Waals surface area contributed by atoms with Gasteiger partial charge in [0.15, 0.2) is 5.78 Å². The third kappa shape index (κ3) is 3.55. The topological polar surface area (TPSA) is 68.0 Å². The summed E-state index contributed by atoms with van der Waals surface area (Å²) in [6.07, 6.45) is 10.1. The van der Waals surface area contributed by atoms with E-state index >= 15 is 0 Å². The van der Waals surface area contributed by atoms with Crippen molar-refractivity contribution >= 4 is 16.8 Å². The Morgan fingerprint density at radius 1 is 1.03 bits per heavy atom. The number of Topliss-reactive ketones (excluding diaryl/α,β-unsaturated/α-hetero) is 1. The summed E-state index contributed by atoms with van der Waals surface area (Å²) in [5.41, 5.74) is 0.730. The molecule has 1 heterocycles. The Bertz CT molecular complexity index is 1080. The number of hydrogen-bond donors (Lipinski definition) is 1. The molecule has 1 aromatic heterocycles. The molecule has 1 aromatic carbocycles. The number of carbonyl (C=O) groups is 1. The first-order valence-corrected chi connectivity index (χ1v) is 13.0. The highest BCUT2D eigenvalue weighted by Crippen LogP contribution is 2.64. The summed E-state index contributed by atoms with van der Waals surface area (Å²) < 4.78 is 13.5. The van der Waals surface area contributed by atoms with Crippen LogP contribution in [0.25, 0.3) is 11.0 Å². The average Bonchev–Trinajstić information content (AvgIpc) is 3.32. The maximum absolute atomic E-state index is 13.5. The fourth-order valence-electron chi connectivity index (χ4n) is 8.86. The molecule has 2 aromatic rings. The molecule has 8 unspecified atom stereocenters. The van der Waals surface area contributed by atoms with Crippen molar-refractivity contribution in [3.05, 3.63) is 24.0 Å². The second-order valence-electron chi connectivity index (χ2n) is 12.2. The maximum Gasteiger partial charge on any atom is 0.159 e. The van der Waals surface area contributed by atoms with Crippen molar-refractivity contribution in [1.29, 1.82) is 0 Å². The monoisotopic (exact) mass is 453 g/mol. The van der Waals surface area contributed by atoms with Crippen LogP contribution in [0.1, 0.15) is 71.6 Å². The van der Waals surface area contributed by atoms with Crippen LogP contribution in [0.3, 0.4) is 0 Å². The van der Waals surface area contributed by atoms with Crippen molar-refractivity contribution in [2.45, 2.75) is 83.8 Å². The zero-order valence-electron chi connectivity index (χ0n) is 19.8. The number of aromatic nitrogens is 3. The lowest BCUT2D eigenvalue weighted by molar-refractivity contribution is -0.133. The zero-order chi connectivity index (χ0) is 23.0. The van der Waals surface area contributed by atoms with E-state index in [-0.39, 0.29) is 29.5 Å². The summed E-state index contributed by atoms with van der Waals surface area (Å²) in [6, 6.07) is 4.37. The molecule has 33 heavy (non-hydrogen) atoms. The summed E-state index contributed by atoms with van der Waals surface area (Å²) in [5.74, 6) is 3.57. The van der Waals surface area contributed by atoms with Gasteiger partial charge in [0.1, 0.15) is 23.4 Å². The Morgan fingerprint density at radius 2 is 1.82 bits per heavy atom. The molecule has 6 heteroatoms. The van der Waals surface area contributed by atoms with E-state index < -0.39 is 5.60 Å². The van der Waals surface area contributed by atoms with Crippen LogP contribution in [0.2, 0.25) is 0 Å². The summed E-state index contributed by atoms with van der Waals surface area (Å²) >= 11 is 0. The van der Waals surface area contributed by atoms with Crippen molar-refractivity contribution in [3.63, 3.8) is 0 Å². The van der Waals surface area contributed by atoms with Gasteiger partial charge >= 0.3 is 0 Å². The molecule has 4 aliphatic carbocycles. The van der Waals surface area contributed by atoms with Crippen LogP contribution in [0.15, 0.2) is 18.2 Å². The summed E-state index contributed by atoms with van der Waals surface area (Å²) in [7, 11) is 0. The molecule has 0 spiro atoms. The van der Waals surface area contributed by atoms with Gasteiger partial charge < -0.3 is 5.11 Å². The van der Waals surface area contributed by atoms with Gasteiger partial charge in [0.25, 0.3) is 0 Å². The molecular weight excluding hydrogens is 417 g/mol. The molecule has 0 amide bonds. The van der Waals surface area contributed by atoms with Gasteiger partial charge in [-0.05, 0) is 112 Å². The number of ketones is 1. The summed E-state index contributed by atoms with van der Waals surface area (Å²) in [6.45, 7) is 4.58. The Morgan fingerprint density at radius 3 is 2.67 bits per heavy atom. The zero-order valence-corrected chi connectivity index (χ0v) is 19.8. The van der Waals surface area contributed by atoms with Crippen LogP contribution >= 0.6 is 0 Å². The van der Waals surface area contributed by atoms with E-state index in [1.54, 1.807) is 6.07 Å². The molecular formula is C27H36FN3O2. The van der Waals surface area contributed by atoms with E-state index in [0.717, 1.165) is 49.9 Å². The van der Waals surface area contributed by atoms with Crippen molar-refractivity contribution < 1.29 is 14.3 Å². The smallest absolute Gasteiger partial charge is 0.159 e. The largest absolute Gasteiger partial charge is 0.390 e. The van der Waals surface area contributed by atoms with Crippen LogP contribution in [0, 0.1) is 46.7 Å².